The number of ether oxygens (including phenoxy) is 1. The summed E-state index contributed by atoms with van der Waals surface area (Å²) >= 11 is 0. The zero-order valence-corrected chi connectivity index (χ0v) is 11.9. The van der Waals surface area contributed by atoms with Crippen molar-refractivity contribution >= 4 is 12.0 Å². The second-order valence-electron chi connectivity index (χ2n) is 5.03. The highest BCUT2D eigenvalue weighted by Crippen LogP contribution is 2.14. The summed E-state index contributed by atoms with van der Waals surface area (Å²) in [4.78, 5) is 28.8. The van der Waals surface area contributed by atoms with E-state index < -0.39 is 17.9 Å². The molecule has 114 valence electrons. The lowest BCUT2D eigenvalue weighted by molar-refractivity contribution is -0.142. The number of carbonyl (C=O) groups is 2. The van der Waals surface area contributed by atoms with Crippen LogP contribution < -0.4 is 5.32 Å². The maximum atomic E-state index is 12.0. The molecule has 2 amide bonds. The standard InChI is InChI=1S/C14H19N3O4/c1-17(7-5-10-4-2-3-6-15-10)14(20)16-12-9-21-8-11(12)13(18)19/h2-4,6,11-12H,5,7-9H2,1H3,(H,16,20)(H,18,19). The number of aliphatic carboxylic acids is 1. The van der Waals surface area contributed by atoms with Crippen LogP contribution in [0.15, 0.2) is 24.4 Å². The minimum absolute atomic E-state index is 0.137. The van der Waals surface area contributed by atoms with Gasteiger partial charge in [-0.05, 0) is 12.1 Å². The summed E-state index contributed by atoms with van der Waals surface area (Å²) in [5.74, 6) is -1.63. The first-order valence-electron chi connectivity index (χ1n) is 6.80. The van der Waals surface area contributed by atoms with Crippen LogP contribution in [0.1, 0.15) is 5.69 Å². The molecular formula is C14H19N3O4. The third kappa shape index (κ3) is 4.16. The van der Waals surface area contributed by atoms with Gasteiger partial charge >= 0.3 is 12.0 Å². The molecule has 0 spiro atoms. The molecule has 0 radical (unpaired) electrons. The molecule has 2 heterocycles. The van der Waals surface area contributed by atoms with Crippen molar-refractivity contribution in [2.24, 2.45) is 5.92 Å². The molecule has 7 heteroatoms. The lowest BCUT2D eigenvalue weighted by Crippen LogP contribution is -2.48. The number of nitrogens with one attached hydrogen (secondary N) is 1. The van der Waals surface area contributed by atoms with Crippen LogP contribution in [0.2, 0.25) is 0 Å². The SMILES string of the molecule is CN(CCc1ccccn1)C(=O)NC1COCC1C(=O)O. The van der Waals surface area contributed by atoms with Crippen LogP contribution in [0.25, 0.3) is 0 Å². The Hall–Kier alpha value is -2.15. The van der Waals surface area contributed by atoms with E-state index in [-0.39, 0.29) is 19.2 Å². The van der Waals surface area contributed by atoms with Gasteiger partial charge in [0, 0.05) is 31.9 Å². The van der Waals surface area contributed by atoms with E-state index in [1.165, 1.54) is 4.90 Å². The molecule has 7 nitrogen and oxygen atoms in total. The minimum atomic E-state index is -0.950. The highest BCUT2D eigenvalue weighted by Gasteiger charge is 2.35. The molecule has 21 heavy (non-hydrogen) atoms. The molecule has 0 bridgehead atoms. The minimum Gasteiger partial charge on any atom is -0.481 e. The number of hydrogen-bond acceptors (Lipinski definition) is 4. The normalized spacial score (nSPS) is 21.0. The van der Waals surface area contributed by atoms with Crippen molar-refractivity contribution < 1.29 is 19.4 Å². The molecule has 2 unspecified atom stereocenters. The van der Waals surface area contributed by atoms with Crippen LogP contribution in [0.5, 0.6) is 0 Å². The first-order chi connectivity index (χ1) is 10.1. The Morgan fingerprint density at radius 1 is 1.48 bits per heavy atom. The van der Waals surface area contributed by atoms with E-state index in [0.29, 0.717) is 13.0 Å². The summed E-state index contributed by atoms with van der Waals surface area (Å²) in [7, 11) is 1.67. The quantitative estimate of drug-likeness (QED) is 0.818. The summed E-state index contributed by atoms with van der Waals surface area (Å²) in [6, 6.07) is 4.86. The smallest absolute Gasteiger partial charge is 0.317 e. The molecule has 0 saturated carbocycles. The fraction of sp³-hybridized carbons (Fsp3) is 0.500. The van der Waals surface area contributed by atoms with E-state index in [9.17, 15) is 9.59 Å². The predicted octanol–water partition coefficient (Wildman–Crippen LogP) is 0.365. The van der Waals surface area contributed by atoms with Crippen molar-refractivity contribution in [2.45, 2.75) is 12.5 Å². The van der Waals surface area contributed by atoms with E-state index in [2.05, 4.69) is 10.3 Å². The van der Waals surface area contributed by atoms with Gasteiger partial charge in [0.15, 0.2) is 0 Å². The van der Waals surface area contributed by atoms with Gasteiger partial charge in [0.2, 0.25) is 0 Å². The van der Waals surface area contributed by atoms with Crippen molar-refractivity contribution in [3.05, 3.63) is 30.1 Å². The van der Waals surface area contributed by atoms with Gasteiger partial charge in [-0.1, -0.05) is 6.07 Å². The van der Waals surface area contributed by atoms with E-state index in [0.717, 1.165) is 5.69 Å². The highest BCUT2D eigenvalue weighted by molar-refractivity contribution is 5.77. The zero-order valence-electron chi connectivity index (χ0n) is 11.9. The van der Waals surface area contributed by atoms with Gasteiger partial charge in [-0.2, -0.15) is 0 Å². The maximum Gasteiger partial charge on any atom is 0.317 e. The van der Waals surface area contributed by atoms with Gasteiger partial charge in [0.05, 0.1) is 19.3 Å². The Bertz CT molecular complexity index is 494. The molecule has 0 aliphatic carbocycles. The van der Waals surface area contributed by atoms with Crippen LogP contribution in [0.3, 0.4) is 0 Å². The lowest BCUT2D eigenvalue weighted by atomic mass is 10.0. The molecule has 1 aromatic heterocycles. The number of carboxylic acid groups (broad SMARTS) is 1. The number of amides is 2. The van der Waals surface area contributed by atoms with Crippen molar-refractivity contribution in [3.63, 3.8) is 0 Å². The first kappa shape index (κ1) is 15.2. The molecule has 2 atom stereocenters. The van der Waals surface area contributed by atoms with Crippen LogP contribution >= 0.6 is 0 Å². The number of carboxylic acids is 1. The van der Waals surface area contributed by atoms with Gasteiger partial charge in [0.1, 0.15) is 5.92 Å². The number of urea groups is 1. The van der Waals surface area contributed by atoms with E-state index in [1.807, 2.05) is 18.2 Å². The van der Waals surface area contributed by atoms with E-state index in [1.54, 1.807) is 13.2 Å². The number of rotatable bonds is 5. The molecule has 1 aromatic rings. The van der Waals surface area contributed by atoms with Gasteiger partial charge in [0.25, 0.3) is 0 Å². The number of likely N-dealkylation sites (N-methyl/N-ethyl adjacent to an activating group) is 1. The average Bonchev–Trinajstić information content (AvgIpc) is 2.94. The highest BCUT2D eigenvalue weighted by atomic mass is 16.5. The molecule has 0 aromatic carbocycles. The van der Waals surface area contributed by atoms with Gasteiger partial charge in [-0.15, -0.1) is 0 Å². The van der Waals surface area contributed by atoms with Crippen molar-refractivity contribution in [1.82, 2.24) is 15.2 Å². The Balaban J connectivity index is 1.81. The molecule has 1 saturated heterocycles. The third-order valence-electron chi connectivity index (χ3n) is 3.48. The first-order valence-corrected chi connectivity index (χ1v) is 6.80. The zero-order chi connectivity index (χ0) is 15.2. The van der Waals surface area contributed by atoms with Gasteiger partial charge in [-0.25, -0.2) is 4.79 Å². The second-order valence-corrected chi connectivity index (χ2v) is 5.03. The number of carbonyl (C=O) groups excluding carboxylic acids is 1. The monoisotopic (exact) mass is 293 g/mol. The van der Waals surface area contributed by atoms with Gasteiger partial charge < -0.3 is 20.1 Å². The fourth-order valence-electron chi connectivity index (χ4n) is 2.14. The summed E-state index contributed by atoms with van der Waals surface area (Å²) in [5.41, 5.74) is 0.907. The Labute approximate surface area is 122 Å². The Morgan fingerprint density at radius 2 is 2.29 bits per heavy atom. The third-order valence-corrected chi connectivity index (χ3v) is 3.48. The number of aromatic nitrogens is 1. The fourth-order valence-corrected chi connectivity index (χ4v) is 2.14. The predicted molar refractivity (Wildman–Crippen MR) is 74.8 cm³/mol. The Kier molecular flexibility index (Phi) is 5.10. The lowest BCUT2D eigenvalue weighted by Gasteiger charge is -2.22. The summed E-state index contributed by atoms with van der Waals surface area (Å²) in [6.45, 7) is 0.878. The molecule has 2 rings (SSSR count). The van der Waals surface area contributed by atoms with Gasteiger partial charge in [-0.3, -0.25) is 9.78 Å². The van der Waals surface area contributed by atoms with Crippen LogP contribution in [-0.2, 0) is 16.0 Å². The Morgan fingerprint density at radius 3 is 2.95 bits per heavy atom. The molecule has 1 fully saturated rings. The second kappa shape index (κ2) is 7.03. The van der Waals surface area contributed by atoms with Crippen molar-refractivity contribution in [3.8, 4) is 0 Å². The summed E-state index contributed by atoms with van der Waals surface area (Å²) in [5, 5.41) is 11.7. The summed E-state index contributed by atoms with van der Waals surface area (Å²) < 4.78 is 5.12. The number of hydrogen-bond donors (Lipinski definition) is 2. The van der Waals surface area contributed by atoms with Crippen LogP contribution in [0.4, 0.5) is 4.79 Å². The van der Waals surface area contributed by atoms with Crippen molar-refractivity contribution in [1.29, 1.82) is 0 Å². The average molecular weight is 293 g/mol. The maximum absolute atomic E-state index is 12.0. The summed E-state index contributed by atoms with van der Waals surface area (Å²) in [6.07, 6.45) is 2.36. The van der Waals surface area contributed by atoms with E-state index in [4.69, 9.17) is 9.84 Å². The molecule has 2 N–H and O–H groups in total. The molecule has 1 aliphatic heterocycles. The van der Waals surface area contributed by atoms with Crippen LogP contribution in [-0.4, -0.2) is 59.8 Å². The van der Waals surface area contributed by atoms with Crippen LogP contribution in [0, 0.1) is 5.92 Å². The molecule has 1 aliphatic rings. The van der Waals surface area contributed by atoms with E-state index >= 15 is 0 Å². The topological polar surface area (TPSA) is 91.8 Å². The number of nitrogens with zero attached hydrogens (tertiary/aromatic N) is 2. The van der Waals surface area contributed by atoms with Crippen molar-refractivity contribution in [2.75, 3.05) is 26.8 Å². The largest absolute Gasteiger partial charge is 0.481 e. The molecular weight excluding hydrogens is 274 g/mol. The number of pyridine rings is 1.